The van der Waals surface area contributed by atoms with Crippen molar-refractivity contribution < 1.29 is 0 Å². The first-order valence-electron chi connectivity index (χ1n) is 6.84. The number of hydrogen-bond donors (Lipinski definition) is 1. The topological polar surface area (TPSA) is 46.9 Å². The number of fused-ring (bicyclic) bond motifs is 1. The fourth-order valence-corrected chi connectivity index (χ4v) is 2.14. The first-order valence-corrected chi connectivity index (χ1v) is 6.84. The van der Waals surface area contributed by atoms with Crippen molar-refractivity contribution >= 4 is 10.9 Å². The summed E-state index contributed by atoms with van der Waals surface area (Å²) in [7, 11) is 1.97. The summed E-state index contributed by atoms with van der Waals surface area (Å²) in [5, 5.41) is 3.92. The molecule has 19 heavy (non-hydrogen) atoms. The molecular formula is C15H21N3O. The molecule has 0 spiro atoms. The van der Waals surface area contributed by atoms with E-state index in [1.165, 1.54) is 0 Å². The number of nitrogens with zero attached hydrogens (tertiary/aromatic N) is 2. The monoisotopic (exact) mass is 259 g/mol. The zero-order chi connectivity index (χ0) is 13.7. The highest BCUT2D eigenvalue weighted by atomic mass is 16.1. The van der Waals surface area contributed by atoms with Crippen LogP contribution in [-0.2, 0) is 6.54 Å². The minimum absolute atomic E-state index is 0.0623. The van der Waals surface area contributed by atoms with Gasteiger partial charge >= 0.3 is 0 Å². The number of nitrogens with one attached hydrogen (secondary N) is 1. The molecule has 1 heterocycles. The third-order valence-electron chi connectivity index (χ3n) is 3.51. The average molecular weight is 259 g/mol. The molecule has 0 amide bonds. The van der Waals surface area contributed by atoms with Crippen molar-refractivity contribution in [2.45, 2.75) is 38.8 Å². The lowest BCUT2D eigenvalue weighted by molar-refractivity contribution is 0.500. The molecule has 4 heteroatoms. The second-order valence-corrected chi connectivity index (χ2v) is 4.95. The van der Waals surface area contributed by atoms with E-state index in [0.717, 1.165) is 31.3 Å². The van der Waals surface area contributed by atoms with Gasteiger partial charge in [0.1, 0.15) is 0 Å². The number of aryl methyl sites for hydroxylation is 1. The molecule has 0 aliphatic heterocycles. The van der Waals surface area contributed by atoms with Crippen molar-refractivity contribution in [1.29, 1.82) is 0 Å². The Morgan fingerprint density at radius 2 is 2.11 bits per heavy atom. The zero-order valence-electron chi connectivity index (χ0n) is 11.6. The van der Waals surface area contributed by atoms with Crippen molar-refractivity contribution in [2.24, 2.45) is 0 Å². The lowest BCUT2D eigenvalue weighted by Crippen LogP contribution is -2.22. The Hall–Kier alpha value is -1.68. The fraction of sp³-hybridized carbons (Fsp3) is 0.467. The SMILES string of the molecule is CNC(C)CCCCn1cnc2ccccc2c1=O. The Bertz CT molecular complexity index is 591. The van der Waals surface area contributed by atoms with Gasteiger partial charge in [-0.15, -0.1) is 0 Å². The predicted octanol–water partition coefficient (Wildman–Crippen LogP) is 2.17. The highest BCUT2D eigenvalue weighted by Gasteiger charge is 2.03. The summed E-state index contributed by atoms with van der Waals surface area (Å²) < 4.78 is 1.71. The van der Waals surface area contributed by atoms with Crippen LogP contribution in [0.5, 0.6) is 0 Å². The van der Waals surface area contributed by atoms with Gasteiger partial charge in [-0.2, -0.15) is 0 Å². The number of benzene rings is 1. The maximum absolute atomic E-state index is 12.2. The molecule has 4 nitrogen and oxygen atoms in total. The number of hydrogen-bond acceptors (Lipinski definition) is 3. The smallest absolute Gasteiger partial charge is 0.261 e. The molecule has 1 atom stereocenters. The van der Waals surface area contributed by atoms with Crippen molar-refractivity contribution in [3.8, 4) is 0 Å². The van der Waals surface area contributed by atoms with E-state index in [0.29, 0.717) is 11.4 Å². The predicted molar refractivity (Wildman–Crippen MR) is 78.4 cm³/mol. The summed E-state index contributed by atoms with van der Waals surface area (Å²) in [5.41, 5.74) is 0.833. The molecule has 0 saturated heterocycles. The Morgan fingerprint density at radius 1 is 1.32 bits per heavy atom. The van der Waals surface area contributed by atoms with Gasteiger partial charge in [0.2, 0.25) is 0 Å². The minimum atomic E-state index is 0.0623. The van der Waals surface area contributed by atoms with Gasteiger partial charge in [0.15, 0.2) is 0 Å². The molecule has 102 valence electrons. The summed E-state index contributed by atoms with van der Waals surface area (Å²) in [6, 6.07) is 8.02. The maximum Gasteiger partial charge on any atom is 0.261 e. The van der Waals surface area contributed by atoms with Crippen LogP contribution < -0.4 is 10.9 Å². The summed E-state index contributed by atoms with van der Waals surface area (Å²) in [6.45, 7) is 2.91. The molecule has 0 bridgehead atoms. The first-order chi connectivity index (χ1) is 9.22. The molecule has 0 aliphatic rings. The van der Waals surface area contributed by atoms with Gasteiger partial charge in [-0.3, -0.25) is 9.36 Å². The van der Waals surface area contributed by atoms with Crippen LogP contribution in [0.1, 0.15) is 26.2 Å². The molecule has 0 saturated carbocycles. The lowest BCUT2D eigenvalue weighted by atomic mass is 10.1. The Kier molecular flexibility index (Phi) is 4.68. The van der Waals surface area contributed by atoms with Crippen molar-refractivity contribution in [3.05, 3.63) is 40.9 Å². The van der Waals surface area contributed by atoms with Gasteiger partial charge in [-0.25, -0.2) is 4.98 Å². The van der Waals surface area contributed by atoms with Gasteiger partial charge in [0.25, 0.3) is 5.56 Å². The number of para-hydroxylation sites is 1. The number of unbranched alkanes of at least 4 members (excludes halogenated alkanes) is 1. The van der Waals surface area contributed by atoms with E-state index in [9.17, 15) is 4.79 Å². The van der Waals surface area contributed by atoms with E-state index in [-0.39, 0.29) is 5.56 Å². The van der Waals surface area contributed by atoms with Gasteiger partial charge < -0.3 is 5.32 Å². The molecule has 0 fully saturated rings. The summed E-state index contributed by atoms with van der Waals surface area (Å²) >= 11 is 0. The van der Waals surface area contributed by atoms with E-state index in [2.05, 4.69) is 17.2 Å². The van der Waals surface area contributed by atoms with Gasteiger partial charge in [-0.1, -0.05) is 18.6 Å². The van der Waals surface area contributed by atoms with Crippen molar-refractivity contribution in [2.75, 3.05) is 7.05 Å². The van der Waals surface area contributed by atoms with Crippen LogP contribution in [0.4, 0.5) is 0 Å². The molecule has 0 radical (unpaired) electrons. The highest BCUT2D eigenvalue weighted by Crippen LogP contribution is 2.06. The molecular weight excluding hydrogens is 238 g/mol. The second-order valence-electron chi connectivity index (χ2n) is 4.95. The van der Waals surface area contributed by atoms with Gasteiger partial charge in [0.05, 0.1) is 17.2 Å². The van der Waals surface area contributed by atoms with Crippen molar-refractivity contribution in [1.82, 2.24) is 14.9 Å². The summed E-state index contributed by atoms with van der Waals surface area (Å²) in [4.78, 5) is 16.5. The Balaban J connectivity index is 2.01. The highest BCUT2D eigenvalue weighted by molar-refractivity contribution is 5.76. The molecule has 2 aromatic rings. The molecule has 1 unspecified atom stereocenters. The van der Waals surface area contributed by atoms with E-state index < -0.39 is 0 Å². The summed E-state index contributed by atoms with van der Waals surface area (Å²) in [5.74, 6) is 0. The molecule has 1 N–H and O–H groups in total. The van der Waals surface area contributed by atoms with E-state index >= 15 is 0 Å². The second kappa shape index (κ2) is 6.48. The molecule has 0 aliphatic carbocycles. The summed E-state index contributed by atoms with van der Waals surface area (Å²) in [6.07, 6.45) is 4.91. The molecule has 1 aromatic carbocycles. The quantitative estimate of drug-likeness (QED) is 0.809. The van der Waals surface area contributed by atoms with Crippen LogP contribution in [0.25, 0.3) is 10.9 Å². The Labute approximate surface area is 113 Å². The normalized spacial score (nSPS) is 12.7. The van der Waals surface area contributed by atoms with Crippen LogP contribution in [-0.4, -0.2) is 22.6 Å². The van der Waals surface area contributed by atoms with Gasteiger partial charge in [-0.05, 0) is 38.9 Å². The first kappa shape index (κ1) is 13.7. The molecule has 2 rings (SSSR count). The van der Waals surface area contributed by atoms with Crippen LogP contribution in [0.3, 0.4) is 0 Å². The largest absolute Gasteiger partial charge is 0.317 e. The lowest BCUT2D eigenvalue weighted by Gasteiger charge is -2.10. The Morgan fingerprint density at radius 3 is 2.89 bits per heavy atom. The zero-order valence-corrected chi connectivity index (χ0v) is 11.6. The van der Waals surface area contributed by atoms with E-state index in [4.69, 9.17) is 0 Å². The number of aromatic nitrogens is 2. The standard InChI is InChI=1S/C15H21N3O/c1-12(16-2)7-5-6-10-18-11-17-14-9-4-3-8-13(14)15(18)19/h3-4,8-9,11-12,16H,5-7,10H2,1-2H3. The van der Waals surface area contributed by atoms with Crippen LogP contribution in [0.15, 0.2) is 35.4 Å². The molecule has 1 aromatic heterocycles. The fourth-order valence-electron chi connectivity index (χ4n) is 2.14. The third kappa shape index (κ3) is 3.41. The van der Waals surface area contributed by atoms with E-state index in [1.54, 1.807) is 10.9 Å². The van der Waals surface area contributed by atoms with E-state index in [1.807, 2.05) is 31.3 Å². The van der Waals surface area contributed by atoms with Crippen LogP contribution >= 0.6 is 0 Å². The maximum atomic E-state index is 12.2. The minimum Gasteiger partial charge on any atom is -0.317 e. The van der Waals surface area contributed by atoms with Crippen LogP contribution in [0, 0.1) is 0 Å². The third-order valence-corrected chi connectivity index (χ3v) is 3.51. The van der Waals surface area contributed by atoms with Crippen LogP contribution in [0.2, 0.25) is 0 Å². The number of rotatable bonds is 6. The average Bonchev–Trinajstić information content (AvgIpc) is 2.45. The van der Waals surface area contributed by atoms with Crippen molar-refractivity contribution in [3.63, 3.8) is 0 Å². The van der Waals surface area contributed by atoms with Gasteiger partial charge in [0, 0.05) is 12.6 Å².